The molecule has 2 rings (SSSR count). The van der Waals surface area contributed by atoms with Crippen LogP contribution in [0.3, 0.4) is 0 Å². The quantitative estimate of drug-likeness (QED) is 0.897. The molecule has 1 aromatic heterocycles. The monoisotopic (exact) mass is 287 g/mol. The van der Waals surface area contributed by atoms with Gasteiger partial charge in [-0.05, 0) is 34.5 Å². The minimum absolute atomic E-state index is 0.234. The minimum atomic E-state index is -0.851. The Kier molecular flexibility index (Phi) is 3.00. The van der Waals surface area contributed by atoms with Crippen molar-refractivity contribution < 1.29 is 19.1 Å². The number of hydrogen-bond acceptors (Lipinski definition) is 3. The lowest BCUT2D eigenvalue weighted by molar-refractivity contribution is -0.141. The molecular formula is C10H10BrNO4. The third-order valence-electron chi connectivity index (χ3n) is 2.61. The normalized spacial score (nSPS) is 20.1. The second kappa shape index (κ2) is 4.29. The molecule has 1 N–H and O–H groups in total. The van der Waals surface area contributed by atoms with Crippen molar-refractivity contribution in [3.8, 4) is 0 Å². The van der Waals surface area contributed by atoms with Crippen molar-refractivity contribution in [3.63, 3.8) is 0 Å². The molecule has 0 bridgehead atoms. The summed E-state index contributed by atoms with van der Waals surface area (Å²) in [6.45, 7) is 0.723. The van der Waals surface area contributed by atoms with Gasteiger partial charge in [0.1, 0.15) is 0 Å². The molecule has 1 unspecified atom stereocenters. The number of carbonyl (C=O) groups excluding carboxylic acids is 1. The molecule has 1 aliphatic heterocycles. The third-order valence-corrected chi connectivity index (χ3v) is 3.03. The van der Waals surface area contributed by atoms with Gasteiger partial charge in [0.05, 0.1) is 5.92 Å². The molecule has 1 aromatic rings. The number of carboxylic acids is 1. The van der Waals surface area contributed by atoms with E-state index in [1.54, 1.807) is 12.1 Å². The maximum atomic E-state index is 11.8. The van der Waals surface area contributed by atoms with Crippen LogP contribution in [0.1, 0.15) is 17.0 Å². The molecule has 1 saturated heterocycles. The standard InChI is InChI=1S/C10H10BrNO4/c11-8-2-1-7(16-8)9(13)12-4-3-6(5-12)10(14)15/h1-2,6H,3-5H2,(H,14,15). The van der Waals surface area contributed by atoms with E-state index in [9.17, 15) is 9.59 Å². The van der Waals surface area contributed by atoms with Crippen molar-refractivity contribution in [3.05, 3.63) is 22.6 Å². The zero-order valence-electron chi connectivity index (χ0n) is 8.35. The summed E-state index contributed by atoms with van der Waals surface area (Å²) in [5.74, 6) is -1.33. The largest absolute Gasteiger partial charge is 0.481 e. The van der Waals surface area contributed by atoms with Crippen LogP contribution in [0.2, 0.25) is 0 Å². The molecule has 2 heterocycles. The smallest absolute Gasteiger partial charge is 0.308 e. The predicted molar refractivity (Wildman–Crippen MR) is 58.1 cm³/mol. The molecular weight excluding hydrogens is 278 g/mol. The number of halogens is 1. The van der Waals surface area contributed by atoms with Crippen LogP contribution in [-0.4, -0.2) is 35.0 Å². The Morgan fingerprint density at radius 1 is 1.50 bits per heavy atom. The second-order valence-corrected chi connectivity index (χ2v) is 4.46. The van der Waals surface area contributed by atoms with Crippen LogP contribution in [-0.2, 0) is 4.79 Å². The number of likely N-dealkylation sites (tertiary alicyclic amines) is 1. The highest BCUT2D eigenvalue weighted by Crippen LogP contribution is 2.21. The Hall–Kier alpha value is -1.30. The van der Waals surface area contributed by atoms with Gasteiger partial charge in [-0.2, -0.15) is 0 Å². The number of hydrogen-bond donors (Lipinski definition) is 1. The maximum absolute atomic E-state index is 11.8. The summed E-state index contributed by atoms with van der Waals surface area (Å²) in [5.41, 5.74) is 0. The average Bonchev–Trinajstić information content (AvgIpc) is 2.84. The number of carboxylic acid groups (broad SMARTS) is 1. The van der Waals surface area contributed by atoms with Gasteiger partial charge >= 0.3 is 5.97 Å². The first-order chi connectivity index (χ1) is 7.58. The van der Waals surface area contributed by atoms with Gasteiger partial charge in [0.25, 0.3) is 5.91 Å². The molecule has 1 atom stereocenters. The first-order valence-electron chi connectivity index (χ1n) is 4.85. The Bertz CT molecular complexity index is 428. The van der Waals surface area contributed by atoms with Crippen molar-refractivity contribution >= 4 is 27.8 Å². The third kappa shape index (κ3) is 2.11. The van der Waals surface area contributed by atoms with Crippen LogP contribution < -0.4 is 0 Å². The highest BCUT2D eigenvalue weighted by atomic mass is 79.9. The van der Waals surface area contributed by atoms with E-state index < -0.39 is 11.9 Å². The van der Waals surface area contributed by atoms with E-state index in [1.807, 2.05) is 0 Å². The van der Waals surface area contributed by atoms with Gasteiger partial charge in [0.15, 0.2) is 10.4 Å². The number of rotatable bonds is 2. The highest BCUT2D eigenvalue weighted by Gasteiger charge is 2.32. The van der Waals surface area contributed by atoms with Crippen molar-refractivity contribution in [2.45, 2.75) is 6.42 Å². The number of aliphatic carboxylic acids is 1. The van der Waals surface area contributed by atoms with Crippen LogP contribution in [0, 0.1) is 5.92 Å². The maximum Gasteiger partial charge on any atom is 0.308 e. The van der Waals surface area contributed by atoms with Crippen LogP contribution >= 0.6 is 15.9 Å². The van der Waals surface area contributed by atoms with E-state index in [2.05, 4.69) is 15.9 Å². The molecule has 1 fully saturated rings. The zero-order chi connectivity index (χ0) is 11.7. The summed E-state index contributed by atoms with van der Waals surface area (Å²) in [6, 6.07) is 3.21. The lowest BCUT2D eigenvalue weighted by Gasteiger charge is -2.13. The van der Waals surface area contributed by atoms with E-state index in [0.29, 0.717) is 17.6 Å². The van der Waals surface area contributed by atoms with Crippen LogP contribution in [0.4, 0.5) is 0 Å². The minimum Gasteiger partial charge on any atom is -0.481 e. The fourth-order valence-electron chi connectivity index (χ4n) is 1.73. The number of amides is 1. The summed E-state index contributed by atoms with van der Waals surface area (Å²) in [4.78, 5) is 24.1. The number of furan rings is 1. The van der Waals surface area contributed by atoms with E-state index >= 15 is 0 Å². The van der Waals surface area contributed by atoms with Gasteiger partial charge in [-0.25, -0.2) is 0 Å². The first kappa shape index (κ1) is 11.2. The molecule has 1 aliphatic rings. The summed E-state index contributed by atoms with van der Waals surface area (Å²) in [5, 5.41) is 8.82. The van der Waals surface area contributed by atoms with Gasteiger partial charge in [-0.15, -0.1) is 0 Å². The van der Waals surface area contributed by atoms with E-state index in [1.165, 1.54) is 4.90 Å². The van der Waals surface area contributed by atoms with Gasteiger partial charge in [-0.3, -0.25) is 9.59 Å². The highest BCUT2D eigenvalue weighted by molar-refractivity contribution is 9.10. The molecule has 0 radical (unpaired) electrons. The fourth-order valence-corrected chi connectivity index (χ4v) is 2.04. The Balaban J connectivity index is 2.05. The van der Waals surface area contributed by atoms with Gasteiger partial charge in [0.2, 0.25) is 0 Å². The molecule has 0 aliphatic carbocycles. The lowest BCUT2D eigenvalue weighted by atomic mass is 10.1. The molecule has 6 heteroatoms. The molecule has 0 spiro atoms. The molecule has 5 nitrogen and oxygen atoms in total. The second-order valence-electron chi connectivity index (χ2n) is 3.68. The molecule has 86 valence electrons. The summed E-state index contributed by atoms with van der Waals surface area (Å²) < 4.78 is 5.62. The van der Waals surface area contributed by atoms with Gasteiger partial charge < -0.3 is 14.4 Å². The van der Waals surface area contributed by atoms with Gasteiger partial charge in [-0.1, -0.05) is 0 Å². The summed E-state index contributed by atoms with van der Waals surface area (Å²) in [7, 11) is 0. The Morgan fingerprint density at radius 2 is 2.25 bits per heavy atom. The first-order valence-corrected chi connectivity index (χ1v) is 5.64. The fraction of sp³-hybridized carbons (Fsp3) is 0.400. The van der Waals surface area contributed by atoms with Gasteiger partial charge in [0, 0.05) is 13.1 Å². The molecule has 1 amide bonds. The van der Waals surface area contributed by atoms with Crippen molar-refractivity contribution in [1.82, 2.24) is 4.90 Å². The molecule has 0 saturated carbocycles. The molecule has 16 heavy (non-hydrogen) atoms. The zero-order valence-corrected chi connectivity index (χ0v) is 9.94. The SMILES string of the molecule is O=C(O)C1CCN(C(=O)c2ccc(Br)o2)C1. The average molecular weight is 288 g/mol. The van der Waals surface area contributed by atoms with E-state index in [4.69, 9.17) is 9.52 Å². The summed E-state index contributed by atoms with van der Waals surface area (Å²) in [6.07, 6.45) is 0.503. The molecule has 0 aromatic carbocycles. The van der Waals surface area contributed by atoms with Crippen molar-refractivity contribution in [1.29, 1.82) is 0 Å². The Morgan fingerprint density at radius 3 is 2.75 bits per heavy atom. The van der Waals surface area contributed by atoms with E-state index in [-0.39, 0.29) is 18.2 Å². The lowest BCUT2D eigenvalue weighted by Crippen LogP contribution is -2.29. The summed E-state index contributed by atoms with van der Waals surface area (Å²) >= 11 is 3.11. The Labute approximate surface area is 100 Å². The van der Waals surface area contributed by atoms with Crippen LogP contribution in [0.25, 0.3) is 0 Å². The van der Waals surface area contributed by atoms with E-state index in [0.717, 1.165) is 0 Å². The number of nitrogens with zero attached hydrogens (tertiary/aromatic N) is 1. The predicted octanol–water partition coefficient (Wildman–Crippen LogP) is 1.59. The van der Waals surface area contributed by atoms with Crippen molar-refractivity contribution in [2.75, 3.05) is 13.1 Å². The number of carbonyl (C=O) groups is 2. The topological polar surface area (TPSA) is 70.8 Å². The van der Waals surface area contributed by atoms with Crippen LogP contribution in [0.15, 0.2) is 21.2 Å². The van der Waals surface area contributed by atoms with Crippen molar-refractivity contribution in [2.24, 2.45) is 5.92 Å². The van der Waals surface area contributed by atoms with Crippen LogP contribution in [0.5, 0.6) is 0 Å².